The number of carbonyl (C=O) groups is 2. The first-order valence-corrected chi connectivity index (χ1v) is 12.9. The second-order valence-corrected chi connectivity index (χ2v) is 11.1. The number of aryl methyl sites for hydroxylation is 1. The highest BCUT2D eigenvalue weighted by molar-refractivity contribution is 5.98. The molecule has 2 aromatic rings. The van der Waals surface area contributed by atoms with Crippen LogP contribution in [0.15, 0.2) is 21.5 Å². The largest absolute Gasteiger partial charge is 0.496 e. The monoisotopic (exact) mass is 497 g/mol. The predicted molar refractivity (Wildman–Crippen MR) is 131 cm³/mol. The Morgan fingerprint density at radius 2 is 1.92 bits per heavy atom. The molecule has 0 spiro atoms. The summed E-state index contributed by atoms with van der Waals surface area (Å²) in [5, 5.41) is 3.90. The van der Waals surface area contributed by atoms with Gasteiger partial charge in [-0.15, -0.1) is 0 Å². The Morgan fingerprint density at radius 1 is 1.19 bits per heavy atom. The maximum absolute atomic E-state index is 13.7. The van der Waals surface area contributed by atoms with E-state index < -0.39 is 5.76 Å². The molecule has 9 nitrogen and oxygen atoms in total. The number of rotatable bonds is 7. The number of methoxy groups -OCH3 is 1. The Hall–Kier alpha value is -3.10. The number of aromatic nitrogens is 2. The summed E-state index contributed by atoms with van der Waals surface area (Å²) in [5.41, 5.74) is 1.08. The molecule has 1 amide bonds. The molecule has 1 N–H and O–H groups in total. The highest BCUT2D eigenvalue weighted by Gasteiger charge is 2.50. The SMILES string of the molecule is COc1cc(C)c(O[C@H]2CC[C@@](C)(c3noc(=O)[nH]3)CC2)cc1C(=O)N(C)[C@@H]1[C@H]2CC[C@H](C2)[C@@H]1C=O. The molecule has 9 heteroatoms. The number of ether oxygens (including phenoxy) is 2. The Bertz CT molecular complexity index is 1190. The lowest BCUT2D eigenvalue weighted by atomic mass is 9.74. The first kappa shape index (κ1) is 24.6. The average molecular weight is 498 g/mol. The minimum atomic E-state index is -0.537. The van der Waals surface area contributed by atoms with Gasteiger partial charge in [0.25, 0.3) is 5.91 Å². The lowest BCUT2D eigenvalue weighted by molar-refractivity contribution is -0.114. The normalized spacial score (nSPS) is 31.3. The quantitative estimate of drug-likeness (QED) is 0.581. The number of fused-ring (bicyclic) bond motifs is 2. The summed E-state index contributed by atoms with van der Waals surface area (Å²) in [7, 11) is 3.37. The predicted octanol–water partition coefficient (Wildman–Crippen LogP) is 3.64. The fourth-order valence-corrected chi connectivity index (χ4v) is 6.77. The first-order chi connectivity index (χ1) is 17.2. The second-order valence-electron chi connectivity index (χ2n) is 11.1. The number of nitrogens with zero attached hydrogens (tertiary/aromatic N) is 2. The number of amides is 1. The van der Waals surface area contributed by atoms with Crippen LogP contribution in [0, 0.1) is 24.7 Å². The van der Waals surface area contributed by atoms with Crippen LogP contribution >= 0.6 is 0 Å². The molecule has 0 aliphatic heterocycles. The molecule has 3 fully saturated rings. The molecular weight excluding hydrogens is 462 g/mol. The Morgan fingerprint density at radius 3 is 2.56 bits per heavy atom. The molecule has 1 heterocycles. The van der Waals surface area contributed by atoms with Crippen LogP contribution in [0.1, 0.15) is 73.6 Å². The molecule has 36 heavy (non-hydrogen) atoms. The van der Waals surface area contributed by atoms with Crippen molar-refractivity contribution in [1.29, 1.82) is 0 Å². The molecule has 4 atom stereocenters. The van der Waals surface area contributed by atoms with E-state index >= 15 is 0 Å². The molecule has 5 rings (SSSR count). The smallest absolute Gasteiger partial charge is 0.438 e. The molecule has 1 aromatic carbocycles. The number of aromatic amines is 1. The fourth-order valence-electron chi connectivity index (χ4n) is 6.77. The zero-order valence-corrected chi connectivity index (χ0v) is 21.4. The third-order valence-corrected chi connectivity index (χ3v) is 8.93. The number of carbonyl (C=O) groups excluding carboxylic acids is 2. The van der Waals surface area contributed by atoms with E-state index in [0.29, 0.717) is 34.7 Å². The van der Waals surface area contributed by atoms with E-state index in [1.165, 1.54) is 0 Å². The summed E-state index contributed by atoms with van der Waals surface area (Å²) in [5.74, 6) is 1.74. The van der Waals surface area contributed by atoms with Gasteiger partial charge in [-0.25, -0.2) is 4.79 Å². The summed E-state index contributed by atoms with van der Waals surface area (Å²) in [6, 6.07) is 3.57. The van der Waals surface area contributed by atoms with Gasteiger partial charge in [0, 0.05) is 24.4 Å². The average Bonchev–Trinajstić information content (AvgIpc) is 3.62. The van der Waals surface area contributed by atoms with Gasteiger partial charge in [-0.3, -0.25) is 14.3 Å². The van der Waals surface area contributed by atoms with Crippen LogP contribution < -0.4 is 15.2 Å². The van der Waals surface area contributed by atoms with Crippen LogP contribution in [-0.2, 0) is 10.2 Å². The van der Waals surface area contributed by atoms with Crippen LogP contribution in [-0.4, -0.2) is 53.5 Å². The molecule has 0 unspecified atom stereocenters. The van der Waals surface area contributed by atoms with Crippen molar-refractivity contribution in [3.8, 4) is 11.5 Å². The van der Waals surface area contributed by atoms with Crippen molar-refractivity contribution in [3.63, 3.8) is 0 Å². The van der Waals surface area contributed by atoms with Crippen molar-refractivity contribution in [3.05, 3.63) is 39.6 Å². The zero-order valence-electron chi connectivity index (χ0n) is 21.4. The number of H-pyrrole nitrogens is 1. The third kappa shape index (κ3) is 4.22. The molecule has 194 valence electrons. The Balaban J connectivity index is 1.33. The van der Waals surface area contributed by atoms with E-state index in [2.05, 4.69) is 17.1 Å². The minimum Gasteiger partial charge on any atom is -0.496 e. The van der Waals surface area contributed by atoms with Gasteiger partial charge in [-0.2, -0.15) is 0 Å². The molecule has 3 aliphatic carbocycles. The zero-order chi connectivity index (χ0) is 25.6. The maximum atomic E-state index is 13.7. The van der Waals surface area contributed by atoms with E-state index in [9.17, 15) is 14.4 Å². The van der Waals surface area contributed by atoms with Crippen LogP contribution in [0.25, 0.3) is 0 Å². The molecule has 0 saturated heterocycles. The van der Waals surface area contributed by atoms with Gasteiger partial charge in [0.15, 0.2) is 5.82 Å². The first-order valence-electron chi connectivity index (χ1n) is 12.9. The molecule has 1 aromatic heterocycles. The van der Waals surface area contributed by atoms with Gasteiger partial charge in [0.2, 0.25) is 0 Å². The lowest BCUT2D eigenvalue weighted by Crippen LogP contribution is -2.46. The van der Waals surface area contributed by atoms with Gasteiger partial charge in [0.1, 0.15) is 17.8 Å². The van der Waals surface area contributed by atoms with Crippen molar-refractivity contribution < 1.29 is 23.6 Å². The molecule has 3 aliphatic rings. The van der Waals surface area contributed by atoms with Crippen molar-refractivity contribution in [2.75, 3.05) is 14.2 Å². The van der Waals surface area contributed by atoms with Crippen molar-refractivity contribution in [1.82, 2.24) is 15.0 Å². The van der Waals surface area contributed by atoms with Crippen LogP contribution in [0.2, 0.25) is 0 Å². The van der Waals surface area contributed by atoms with Crippen LogP contribution in [0.3, 0.4) is 0 Å². The van der Waals surface area contributed by atoms with E-state index in [1.807, 2.05) is 13.0 Å². The Labute approximate surface area is 210 Å². The van der Waals surface area contributed by atoms with Gasteiger partial charge in [-0.05, 0) is 81.4 Å². The number of hydrogen-bond donors (Lipinski definition) is 1. The van der Waals surface area contributed by atoms with Crippen LogP contribution in [0.4, 0.5) is 0 Å². The standard InChI is InChI=1S/C27H35N3O6/c1-15-11-22(34-4)19(24(32)30(3)23-17-6-5-16(12-17)20(23)14-31)13-21(15)35-18-7-9-27(2,10-8-18)25-28-26(33)36-29-25/h11,13-14,16-18,20,23H,5-10,12H2,1-4H3,(H,28,29,33)/t16-,17+,18-,20+,23-,27+/m1/s1. The fraction of sp³-hybridized carbons (Fsp3) is 0.630. The second kappa shape index (κ2) is 9.41. The molecular formula is C27H35N3O6. The van der Waals surface area contributed by atoms with Crippen LogP contribution in [0.5, 0.6) is 11.5 Å². The third-order valence-electron chi connectivity index (χ3n) is 8.93. The van der Waals surface area contributed by atoms with Gasteiger partial charge in [0.05, 0.1) is 18.8 Å². The molecule has 3 saturated carbocycles. The molecule has 2 bridgehead atoms. The number of aldehydes is 1. The topological polar surface area (TPSA) is 115 Å². The molecule has 0 radical (unpaired) electrons. The summed E-state index contributed by atoms with van der Waals surface area (Å²) >= 11 is 0. The van der Waals surface area contributed by atoms with Crippen molar-refractivity contribution >= 4 is 12.2 Å². The van der Waals surface area contributed by atoms with E-state index in [0.717, 1.165) is 56.8 Å². The number of nitrogens with one attached hydrogen (secondary N) is 1. The van der Waals surface area contributed by atoms with Gasteiger partial charge >= 0.3 is 5.76 Å². The van der Waals surface area contributed by atoms with E-state index in [1.54, 1.807) is 25.1 Å². The maximum Gasteiger partial charge on any atom is 0.438 e. The van der Waals surface area contributed by atoms with Gasteiger partial charge < -0.3 is 19.2 Å². The van der Waals surface area contributed by atoms with Crippen molar-refractivity contribution in [2.45, 2.75) is 76.4 Å². The highest BCUT2D eigenvalue weighted by Crippen LogP contribution is 2.50. The number of hydrogen-bond acceptors (Lipinski definition) is 7. The lowest BCUT2D eigenvalue weighted by Gasteiger charge is -2.36. The summed E-state index contributed by atoms with van der Waals surface area (Å²) in [6.45, 7) is 4.02. The summed E-state index contributed by atoms with van der Waals surface area (Å²) in [6.07, 6.45) is 7.35. The van der Waals surface area contributed by atoms with Crippen molar-refractivity contribution in [2.24, 2.45) is 17.8 Å². The van der Waals surface area contributed by atoms with E-state index in [-0.39, 0.29) is 29.4 Å². The Kier molecular flexibility index (Phi) is 6.43. The summed E-state index contributed by atoms with van der Waals surface area (Å²) in [4.78, 5) is 41.4. The highest BCUT2D eigenvalue weighted by atomic mass is 16.5. The van der Waals surface area contributed by atoms with Gasteiger partial charge in [-0.1, -0.05) is 12.1 Å². The van der Waals surface area contributed by atoms with E-state index in [4.69, 9.17) is 14.0 Å². The summed E-state index contributed by atoms with van der Waals surface area (Å²) < 4.78 is 16.7. The number of benzene rings is 1. The minimum absolute atomic E-state index is 0.0190.